The zero-order valence-electron chi connectivity index (χ0n) is 10.9. The topological polar surface area (TPSA) is 49.9 Å². The zero-order chi connectivity index (χ0) is 12.8. The van der Waals surface area contributed by atoms with Crippen LogP contribution < -0.4 is 0 Å². The second-order valence-corrected chi connectivity index (χ2v) is 4.28. The molecule has 1 aliphatic rings. The minimum absolute atomic E-state index is 0.190. The molecule has 0 aromatic heterocycles. The fraction of sp³-hybridized carbons (Fsp3) is 0.833. The molecule has 1 aliphatic heterocycles. The van der Waals surface area contributed by atoms with Crippen molar-refractivity contribution in [2.24, 2.45) is 0 Å². The Morgan fingerprint density at radius 3 is 2.35 bits per heavy atom. The number of hydrogen-bond donors (Lipinski definition) is 0. The van der Waals surface area contributed by atoms with Crippen molar-refractivity contribution in [1.29, 1.82) is 0 Å². The summed E-state index contributed by atoms with van der Waals surface area (Å²) < 4.78 is 4.96. The van der Waals surface area contributed by atoms with Crippen molar-refractivity contribution in [3.05, 3.63) is 0 Å². The highest BCUT2D eigenvalue weighted by Gasteiger charge is 2.27. The monoisotopic (exact) mass is 242 g/mol. The number of carbonyl (C=O) groups excluding carboxylic acids is 2. The zero-order valence-corrected chi connectivity index (χ0v) is 10.9. The Balaban J connectivity index is 2.41. The summed E-state index contributed by atoms with van der Waals surface area (Å²) in [5.41, 5.74) is 0. The molecule has 5 heteroatoms. The van der Waals surface area contributed by atoms with E-state index in [9.17, 15) is 9.59 Å². The first-order valence-electron chi connectivity index (χ1n) is 6.27. The van der Waals surface area contributed by atoms with Gasteiger partial charge in [-0.3, -0.25) is 4.79 Å². The first-order chi connectivity index (χ1) is 8.10. The van der Waals surface area contributed by atoms with E-state index in [2.05, 4.69) is 0 Å². The number of nitrogens with zero attached hydrogens (tertiary/aromatic N) is 2. The van der Waals surface area contributed by atoms with Gasteiger partial charge in [-0.25, -0.2) is 4.79 Å². The van der Waals surface area contributed by atoms with Gasteiger partial charge in [-0.15, -0.1) is 0 Å². The van der Waals surface area contributed by atoms with E-state index in [0.29, 0.717) is 13.0 Å². The predicted molar refractivity (Wildman–Crippen MR) is 64.7 cm³/mol. The van der Waals surface area contributed by atoms with Crippen molar-refractivity contribution < 1.29 is 14.3 Å². The van der Waals surface area contributed by atoms with Gasteiger partial charge in [0.15, 0.2) is 0 Å². The third-order valence-corrected chi connectivity index (χ3v) is 3.22. The largest absolute Gasteiger partial charge is 0.450 e. The lowest BCUT2D eigenvalue weighted by Crippen LogP contribution is -2.47. The lowest BCUT2D eigenvalue weighted by atomic mass is 10.0. The average molecular weight is 242 g/mol. The maximum atomic E-state index is 11.5. The standard InChI is InChI=1S/C12H22N2O3/c1-4-11(15)14-8-6-10(7-9-14)13(3)12(16)17-5-2/h10H,4-9H2,1-3H3. The van der Waals surface area contributed by atoms with Crippen molar-refractivity contribution in [3.8, 4) is 0 Å². The highest BCUT2D eigenvalue weighted by molar-refractivity contribution is 5.76. The molecule has 0 N–H and O–H groups in total. The minimum Gasteiger partial charge on any atom is -0.450 e. The van der Waals surface area contributed by atoms with E-state index in [1.54, 1.807) is 18.9 Å². The molecule has 0 aromatic rings. The van der Waals surface area contributed by atoms with Crippen LogP contribution in [0, 0.1) is 0 Å². The highest BCUT2D eigenvalue weighted by Crippen LogP contribution is 2.16. The van der Waals surface area contributed by atoms with Crippen LogP contribution in [0.1, 0.15) is 33.1 Å². The quantitative estimate of drug-likeness (QED) is 0.753. The van der Waals surface area contributed by atoms with Gasteiger partial charge >= 0.3 is 6.09 Å². The molecule has 98 valence electrons. The number of ether oxygens (including phenoxy) is 1. The molecule has 0 unspecified atom stereocenters. The molecular weight excluding hydrogens is 220 g/mol. The summed E-state index contributed by atoms with van der Waals surface area (Å²) in [5, 5.41) is 0. The molecule has 1 fully saturated rings. The first kappa shape index (κ1) is 13.8. The summed E-state index contributed by atoms with van der Waals surface area (Å²) >= 11 is 0. The molecule has 0 aromatic carbocycles. The molecule has 5 nitrogen and oxygen atoms in total. The Morgan fingerprint density at radius 2 is 1.88 bits per heavy atom. The van der Waals surface area contributed by atoms with Crippen LogP contribution in [-0.2, 0) is 9.53 Å². The van der Waals surface area contributed by atoms with Crippen LogP contribution in [0.5, 0.6) is 0 Å². The van der Waals surface area contributed by atoms with E-state index in [1.807, 2.05) is 11.8 Å². The molecule has 17 heavy (non-hydrogen) atoms. The van der Waals surface area contributed by atoms with Gasteiger partial charge in [-0.05, 0) is 19.8 Å². The van der Waals surface area contributed by atoms with Crippen LogP contribution in [0.2, 0.25) is 0 Å². The fourth-order valence-corrected chi connectivity index (χ4v) is 2.10. The maximum Gasteiger partial charge on any atom is 0.409 e. The van der Waals surface area contributed by atoms with E-state index in [4.69, 9.17) is 4.74 Å². The normalized spacial score (nSPS) is 16.8. The molecule has 1 heterocycles. The van der Waals surface area contributed by atoms with Crippen molar-refractivity contribution in [2.45, 2.75) is 39.2 Å². The van der Waals surface area contributed by atoms with Crippen LogP contribution in [0.25, 0.3) is 0 Å². The molecule has 0 saturated carbocycles. The van der Waals surface area contributed by atoms with Gasteiger partial charge in [0.2, 0.25) is 5.91 Å². The lowest BCUT2D eigenvalue weighted by molar-refractivity contribution is -0.132. The SMILES string of the molecule is CCOC(=O)N(C)C1CCN(C(=O)CC)CC1. The third kappa shape index (κ3) is 3.61. The van der Waals surface area contributed by atoms with Crippen molar-refractivity contribution in [1.82, 2.24) is 9.80 Å². The van der Waals surface area contributed by atoms with E-state index in [-0.39, 0.29) is 18.0 Å². The smallest absolute Gasteiger partial charge is 0.409 e. The number of piperidine rings is 1. The van der Waals surface area contributed by atoms with Crippen molar-refractivity contribution in [2.75, 3.05) is 26.7 Å². The second kappa shape index (κ2) is 6.47. The second-order valence-electron chi connectivity index (χ2n) is 4.28. The predicted octanol–water partition coefficient (Wildman–Crippen LogP) is 1.48. The molecular formula is C12H22N2O3. The van der Waals surface area contributed by atoms with Gasteiger partial charge < -0.3 is 14.5 Å². The Labute approximate surface area is 103 Å². The van der Waals surface area contributed by atoms with Gasteiger partial charge in [-0.1, -0.05) is 6.92 Å². The average Bonchev–Trinajstić information content (AvgIpc) is 2.37. The highest BCUT2D eigenvalue weighted by atomic mass is 16.6. The summed E-state index contributed by atoms with van der Waals surface area (Å²) in [6.07, 6.45) is 1.95. The summed E-state index contributed by atoms with van der Waals surface area (Å²) in [6, 6.07) is 0.190. The van der Waals surface area contributed by atoms with E-state index in [1.165, 1.54) is 0 Å². The maximum absolute atomic E-state index is 11.5. The van der Waals surface area contributed by atoms with Crippen molar-refractivity contribution in [3.63, 3.8) is 0 Å². The van der Waals surface area contributed by atoms with E-state index in [0.717, 1.165) is 25.9 Å². The molecule has 2 amide bonds. The molecule has 0 aliphatic carbocycles. The van der Waals surface area contributed by atoms with Gasteiger partial charge in [0.25, 0.3) is 0 Å². The van der Waals surface area contributed by atoms with Crippen LogP contribution >= 0.6 is 0 Å². The van der Waals surface area contributed by atoms with Crippen LogP contribution in [0.3, 0.4) is 0 Å². The van der Waals surface area contributed by atoms with E-state index >= 15 is 0 Å². The lowest BCUT2D eigenvalue weighted by Gasteiger charge is -2.36. The summed E-state index contributed by atoms with van der Waals surface area (Å²) in [5.74, 6) is 0.197. The summed E-state index contributed by atoms with van der Waals surface area (Å²) in [6.45, 7) is 5.55. The third-order valence-electron chi connectivity index (χ3n) is 3.22. The molecule has 0 atom stereocenters. The molecule has 0 radical (unpaired) electrons. The van der Waals surface area contributed by atoms with Crippen LogP contribution in [0.4, 0.5) is 4.79 Å². The number of likely N-dealkylation sites (tertiary alicyclic amines) is 1. The van der Waals surface area contributed by atoms with Gasteiger partial charge in [0.1, 0.15) is 0 Å². The fourth-order valence-electron chi connectivity index (χ4n) is 2.10. The van der Waals surface area contributed by atoms with Gasteiger partial charge in [-0.2, -0.15) is 0 Å². The summed E-state index contributed by atoms with van der Waals surface area (Å²) in [4.78, 5) is 26.6. The van der Waals surface area contributed by atoms with Crippen LogP contribution in [-0.4, -0.2) is 54.6 Å². The van der Waals surface area contributed by atoms with Crippen molar-refractivity contribution >= 4 is 12.0 Å². The summed E-state index contributed by atoms with van der Waals surface area (Å²) in [7, 11) is 1.76. The number of hydrogen-bond acceptors (Lipinski definition) is 3. The van der Waals surface area contributed by atoms with Gasteiger partial charge in [0.05, 0.1) is 6.61 Å². The Morgan fingerprint density at radius 1 is 1.29 bits per heavy atom. The molecule has 1 rings (SSSR count). The first-order valence-corrected chi connectivity index (χ1v) is 6.27. The number of amides is 2. The van der Waals surface area contributed by atoms with Crippen LogP contribution in [0.15, 0.2) is 0 Å². The number of rotatable bonds is 3. The molecule has 1 saturated heterocycles. The van der Waals surface area contributed by atoms with E-state index < -0.39 is 0 Å². The Bertz CT molecular complexity index is 273. The minimum atomic E-state index is -0.271. The Kier molecular flexibility index (Phi) is 5.25. The molecule has 0 bridgehead atoms. The Hall–Kier alpha value is -1.26. The van der Waals surface area contributed by atoms with Gasteiger partial charge in [0, 0.05) is 32.6 Å². The number of carbonyl (C=O) groups is 2. The molecule has 0 spiro atoms.